The molecule has 4 saturated carbocycles. The molecule has 0 aromatic carbocycles. The van der Waals surface area contributed by atoms with Crippen LogP contribution in [0, 0.1) is 29.6 Å². The first-order valence-electron chi connectivity index (χ1n) is 7.32. The van der Waals surface area contributed by atoms with E-state index < -0.39 is 0 Å². The molecule has 4 fully saturated rings. The lowest BCUT2D eigenvalue weighted by Gasteiger charge is -2.55. The van der Waals surface area contributed by atoms with Crippen LogP contribution >= 0.6 is 0 Å². The highest BCUT2D eigenvalue weighted by atomic mass is 16.3. The van der Waals surface area contributed by atoms with E-state index in [9.17, 15) is 9.90 Å². The second kappa shape index (κ2) is 4.82. The minimum absolute atomic E-state index is 0.00833. The molecule has 18 heavy (non-hydrogen) atoms. The smallest absolute Gasteiger partial charge is 0.233 e. The normalized spacial score (nSPS) is 42.9. The summed E-state index contributed by atoms with van der Waals surface area (Å²) in [5.74, 6) is 3.50. The maximum absolute atomic E-state index is 11.2. The van der Waals surface area contributed by atoms with Gasteiger partial charge < -0.3 is 16.2 Å². The molecule has 1 amide bonds. The Kier molecular flexibility index (Phi) is 3.32. The zero-order valence-electron chi connectivity index (χ0n) is 10.8. The number of hydrogen-bond donors (Lipinski definition) is 3. The monoisotopic (exact) mass is 252 g/mol. The molecule has 0 heterocycles. The Hall–Kier alpha value is -0.610. The van der Waals surface area contributed by atoms with E-state index in [0.29, 0.717) is 24.3 Å². The highest BCUT2D eigenvalue weighted by Gasteiger charge is 2.50. The zero-order chi connectivity index (χ0) is 12.7. The predicted octanol–water partition coefficient (Wildman–Crippen LogP) is 0.494. The van der Waals surface area contributed by atoms with Crippen LogP contribution in [-0.4, -0.2) is 30.2 Å². The minimum atomic E-state index is -0.379. The Labute approximate surface area is 108 Å². The Bertz CT molecular complexity index is 304. The molecular formula is C14H24N2O2. The molecule has 0 aliphatic heterocycles. The van der Waals surface area contributed by atoms with Gasteiger partial charge in [0, 0.05) is 6.54 Å². The number of nitrogens with one attached hydrogen (secondary N) is 1. The molecule has 0 aromatic rings. The van der Waals surface area contributed by atoms with E-state index in [2.05, 4.69) is 5.32 Å². The van der Waals surface area contributed by atoms with E-state index in [1.54, 1.807) is 0 Å². The van der Waals surface area contributed by atoms with Crippen LogP contribution in [0.4, 0.5) is 0 Å². The molecule has 4 bridgehead atoms. The van der Waals surface area contributed by atoms with Crippen molar-refractivity contribution in [2.24, 2.45) is 35.3 Å². The van der Waals surface area contributed by atoms with Gasteiger partial charge in [0.15, 0.2) is 0 Å². The zero-order valence-corrected chi connectivity index (χ0v) is 10.8. The topological polar surface area (TPSA) is 75.4 Å². The summed E-state index contributed by atoms with van der Waals surface area (Å²) in [4.78, 5) is 11.2. The SMILES string of the molecule is NCC(=O)NCC(O)C1C2CC3CC(C2)CC1C3. The second-order valence-electron chi connectivity index (χ2n) is 6.58. The molecule has 4 heteroatoms. The van der Waals surface area contributed by atoms with Crippen molar-refractivity contribution in [1.82, 2.24) is 5.32 Å². The van der Waals surface area contributed by atoms with Crippen LogP contribution in [0.3, 0.4) is 0 Å². The highest BCUT2D eigenvalue weighted by molar-refractivity contribution is 5.77. The summed E-state index contributed by atoms with van der Waals surface area (Å²) < 4.78 is 0. The number of rotatable bonds is 4. The highest BCUT2D eigenvalue weighted by Crippen LogP contribution is 2.57. The third-order valence-corrected chi connectivity index (χ3v) is 5.44. The first-order chi connectivity index (χ1) is 8.67. The minimum Gasteiger partial charge on any atom is -0.391 e. The van der Waals surface area contributed by atoms with Crippen molar-refractivity contribution in [2.45, 2.75) is 38.2 Å². The average Bonchev–Trinajstić information content (AvgIpc) is 2.34. The molecule has 0 spiro atoms. The fourth-order valence-corrected chi connectivity index (χ4v) is 5.02. The molecule has 4 N–H and O–H groups in total. The standard InChI is InChI=1S/C14H24N2O2/c15-6-13(18)16-7-12(17)14-10-2-8-1-9(4-10)5-11(14)3-8/h8-12,14,17H,1-7,15H2,(H,16,18). The average molecular weight is 252 g/mol. The number of carbonyl (C=O) groups excluding carboxylic acids is 1. The van der Waals surface area contributed by atoms with Crippen molar-refractivity contribution >= 4 is 5.91 Å². The lowest BCUT2D eigenvalue weighted by atomic mass is 9.51. The molecular weight excluding hydrogens is 228 g/mol. The van der Waals surface area contributed by atoms with E-state index in [-0.39, 0.29) is 18.6 Å². The van der Waals surface area contributed by atoms with Gasteiger partial charge in [-0.3, -0.25) is 4.79 Å². The van der Waals surface area contributed by atoms with Gasteiger partial charge in [0.2, 0.25) is 5.91 Å². The summed E-state index contributed by atoms with van der Waals surface area (Å²) >= 11 is 0. The molecule has 4 aliphatic carbocycles. The van der Waals surface area contributed by atoms with Crippen LogP contribution in [0.15, 0.2) is 0 Å². The Morgan fingerprint density at radius 2 is 1.72 bits per heavy atom. The first-order valence-corrected chi connectivity index (χ1v) is 7.32. The van der Waals surface area contributed by atoms with Crippen molar-refractivity contribution in [3.63, 3.8) is 0 Å². The number of hydrogen-bond acceptors (Lipinski definition) is 3. The third kappa shape index (κ3) is 2.16. The molecule has 4 nitrogen and oxygen atoms in total. The molecule has 4 aliphatic rings. The van der Waals surface area contributed by atoms with Crippen LogP contribution in [-0.2, 0) is 4.79 Å². The van der Waals surface area contributed by atoms with Gasteiger partial charge in [-0.05, 0) is 61.7 Å². The van der Waals surface area contributed by atoms with E-state index in [0.717, 1.165) is 11.8 Å². The number of amides is 1. The molecule has 0 aromatic heterocycles. The van der Waals surface area contributed by atoms with Crippen LogP contribution in [0.25, 0.3) is 0 Å². The molecule has 1 unspecified atom stereocenters. The van der Waals surface area contributed by atoms with Crippen LogP contribution in [0.5, 0.6) is 0 Å². The third-order valence-electron chi connectivity index (χ3n) is 5.44. The van der Waals surface area contributed by atoms with Crippen molar-refractivity contribution in [2.75, 3.05) is 13.1 Å². The van der Waals surface area contributed by atoms with Gasteiger partial charge in [-0.1, -0.05) is 0 Å². The molecule has 102 valence electrons. The summed E-state index contributed by atoms with van der Waals surface area (Å²) in [6.07, 6.45) is 6.27. The first kappa shape index (κ1) is 12.4. The van der Waals surface area contributed by atoms with E-state index >= 15 is 0 Å². The van der Waals surface area contributed by atoms with Gasteiger partial charge in [-0.2, -0.15) is 0 Å². The maximum atomic E-state index is 11.2. The lowest BCUT2D eigenvalue weighted by molar-refractivity contribution is -0.122. The van der Waals surface area contributed by atoms with Gasteiger partial charge in [0.1, 0.15) is 0 Å². The molecule has 0 radical (unpaired) electrons. The van der Waals surface area contributed by atoms with Crippen LogP contribution in [0.1, 0.15) is 32.1 Å². The Balaban J connectivity index is 1.60. The summed E-state index contributed by atoms with van der Waals surface area (Å²) in [6, 6.07) is 0. The van der Waals surface area contributed by atoms with Gasteiger partial charge >= 0.3 is 0 Å². The van der Waals surface area contributed by atoms with Crippen LogP contribution in [0.2, 0.25) is 0 Å². The van der Waals surface area contributed by atoms with Crippen molar-refractivity contribution in [3.8, 4) is 0 Å². The van der Waals surface area contributed by atoms with Crippen molar-refractivity contribution in [3.05, 3.63) is 0 Å². The fraction of sp³-hybridized carbons (Fsp3) is 0.929. The Morgan fingerprint density at radius 1 is 1.17 bits per heavy atom. The van der Waals surface area contributed by atoms with Gasteiger partial charge in [0.05, 0.1) is 12.6 Å². The largest absolute Gasteiger partial charge is 0.391 e. The van der Waals surface area contributed by atoms with Crippen molar-refractivity contribution in [1.29, 1.82) is 0 Å². The molecule has 1 atom stereocenters. The van der Waals surface area contributed by atoms with E-state index in [1.807, 2.05) is 0 Å². The van der Waals surface area contributed by atoms with Gasteiger partial charge in [-0.25, -0.2) is 0 Å². The van der Waals surface area contributed by atoms with E-state index in [1.165, 1.54) is 32.1 Å². The predicted molar refractivity (Wildman–Crippen MR) is 68.6 cm³/mol. The lowest BCUT2D eigenvalue weighted by Crippen LogP contribution is -2.52. The van der Waals surface area contributed by atoms with Gasteiger partial charge in [0.25, 0.3) is 0 Å². The number of nitrogens with two attached hydrogens (primary N) is 1. The summed E-state index contributed by atoms with van der Waals surface area (Å²) in [7, 11) is 0. The maximum Gasteiger partial charge on any atom is 0.233 e. The number of aliphatic hydroxyl groups is 1. The number of carbonyl (C=O) groups is 1. The molecule has 4 rings (SSSR count). The Morgan fingerprint density at radius 3 is 2.22 bits per heavy atom. The second-order valence-corrected chi connectivity index (χ2v) is 6.58. The number of aliphatic hydroxyl groups excluding tert-OH is 1. The van der Waals surface area contributed by atoms with E-state index in [4.69, 9.17) is 5.73 Å². The van der Waals surface area contributed by atoms with Crippen molar-refractivity contribution < 1.29 is 9.90 Å². The molecule has 0 saturated heterocycles. The summed E-state index contributed by atoms with van der Waals surface area (Å²) in [5.41, 5.74) is 5.26. The fourth-order valence-electron chi connectivity index (χ4n) is 5.02. The summed E-state index contributed by atoms with van der Waals surface area (Å²) in [5, 5.41) is 13.1. The van der Waals surface area contributed by atoms with Crippen LogP contribution < -0.4 is 11.1 Å². The quantitative estimate of drug-likeness (QED) is 0.682. The van der Waals surface area contributed by atoms with Gasteiger partial charge in [-0.15, -0.1) is 0 Å². The summed E-state index contributed by atoms with van der Waals surface area (Å²) in [6.45, 7) is 0.386.